The van der Waals surface area contributed by atoms with E-state index in [1.165, 1.54) is 22.6 Å². The third-order valence-electron chi connectivity index (χ3n) is 6.23. The minimum absolute atomic E-state index is 0.0120. The number of rotatable bonds is 5. The van der Waals surface area contributed by atoms with Crippen LogP contribution in [0.4, 0.5) is 4.39 Å². The molecule has 0 saturated carbocycles. The van der Waals surface area contributed by atoms with Gasteiger partial charge < -0.3 is 4.74 Å². The molecule has 160 valence electrons. The average molecular weight is 429 g/mol. The SMILES string of the molecule is COCCc1nc2sc3c(c2c(=O)n1Cc1cccc(F)c1)CCC(C(C)(C)C)C3. The van der Waals surface area contributed by atoms with Gasteiger partial charge in [0.25, 0.3) is 5.56 Å². The summed E-state index contributed by atoms with van der Waals surface area (Å²) in [6.07, 6.45) is 3.57. The number of aromatic nitrogens is 2. The maximum Gasteiger partial charge on any atom is 0.262 e. The molecule has 1 aromatic carbocycles. The number of fused-ring (bicyclic) bond motifs is 3. The first-order valence-electron chi connectivity index (χ1n) is 10.5. The molecule has 1 atom stereocenters. The van der Waals surface area contributed by atoms with Gasteiger partial charge in [0.05, 0.1) is 18.5 Å². The molecule has 0 N–H and O–H groups in total. The summed E-state index contributed by atoms with van der Waals surface area (Å²) in [5.74, 6) is 1.01. The van der Waals surface area contributed by atoms with Crippen molar-refractivity contribution in [3.05, 3.63) is 62.3 Å². The average Bonchev–Trinajstić information content (AvgIpc) is 3.06. The molecule has 0 amide bonds. The van der Waals surface area contributed by atoms with Crippen LogP contribution in [0.5, 0.6) is 0 Å². The molecule has 2 aromatic heterocycles. The zero-order valence-electron chi connectivity index (χ0n) is 18.1. The Hall–Kier alpha value is -2.05. The van der Waals surface area contributed by atoms with Gasteiger partial charge in [-0.2, -0.15) is 0 Å². The Morgan fingerprint density at radius 1 is 1.33 bits per heavy atom. The molecule has 3 aromatic rings. The standard InChI is InChI=1S/C24H29FN2O2S/c1-24(2,3)16-8-9-18-19(13-16)30-22-21(18)23(28)27(20(26-22)10-11-29-4)14-15-6-5-7-17(25)12-15/h5-7,12,16H,8-11,13-14H2,1-4H3. The first-order chi connectivity index (χ1) is 14.3. The molecular weight excluding hydrogens is 399 g/mol. The van der Waals surface area contributed by atoms with E-state index in [4.69, 9.17) is 9.72 Å². The lowest BCUT2D eigenvalue weighted by atomic mass is 9.72. The van der Waals surface area contributed by atoms with Crippen LogP contribution in [0.1, 0.15) is 49.0 Å². The molecule has 0 bridgehead atoms. The summed E-state index contributed by atoms with van der Waals surface area (Å²) in [6, 6.07) is 6.42. The van der Waals surface area contributed by atoms with Gasteiger partial charge in [-0.15, -0.1) is 11.3 Å². The second-order valence-electron chi connectivity index (χ2n) is 9.28. The lowest BCUT2D eigenvalue weighted by Crippen LogP contribution is -2.28. The van der Waals surface area contributed by atoms with Gasteiger partial charge in [0.15, 0.2) is 0 Å². The second kappa shape index (κ2) is 8.23. The molecule has 0 radical (unpaired) electrons. The molecule has 0 spiro atoms. The van der Waals surface area contributed by atoms with Crippen LogP contribution < -0.4 is 5.56 Å². The number of ether oxygens (including phenoxy) is 1. The topological polar surface area (TPSA) is 44.1 Å². The molecule has 6 heteroatoms. The highest BCUT2D eigenvalue weighted by atomic mass is 32.1. The summed E-state index contributed by atoms with van der Waals surface area (Å²) < 4.78 is 20.7. The van der Waals surface area contributed by atoms with Crippen molar-refractivity contribution in [2.75, 3.05) is 13.7 Å². The molecule has 0 fully saturated rings. The van der Waals surface area contributed by atoms with E-state index >= 15 is 0 Å². The van der Waals surface area contributed by atoms with E-state index in [9.17, 15) is 9.18 Å². The fourth-order valence-electron chi connectivity index (χ4n) is 4.40. The normalized spacial score (nSPS) is 16.8. The number of benzene rings is 1. The summed E-state index contributed by atoms with van der Waals surface area (Å²) in [5, 5.41) is 0.764. The Bertz CT molecular complexity index is 1130. The summed E-state index contributed by atoms with van der Waals surface area (Å²) in [5.41, 5.74) is 2.18. The highest BCUT2D eigenvalue weighted by Gasteiger charge is 2.32. The number of methoxy groups -OCH3 is 1. The summed E-state index contributed by atoms with van der Waals surface area (Å²) >= 11 is 1.67. The van der Waals surface area contributed by atoms with Crippen molar-refractivity contribution in [1.29, 1.82) is 0 Å². The number of nitrogens with zero attached hydrogens (tertiary/aromatic N) is 2. The Morgan fingerprint density at radius 3 is 2.83 bits per heavy atom. The van der Waals surface area contributed by atoms with Gasteiger partial charge in [-0.25, -0.2) is 9.37 Å². The highest BCUT2D eigenvalue weighted by molar-refractivity contribution is 7.18. The van der Waals surface area contributed by atoms with Gasteiger partial charge in [0.2, 0.25) is 0 Å². The van der Waals surface area contributed by atoms with E-state index in [2.05, 4.69) is 20.8 Å². The molecule has 0 saturated heterocycles. The maximum absolute atomic E-state index is 13.7. The fraction of sp³-hybridized carbons (Fsp3) is 0.500. The monoisotopic (exact) mass is 428 g/mol. The Labute approximate surface area is 180 Å². The Morgan fingerprint density at radius 2 is 2.13 bits per heavy atom. The Kier molecular flexibility index (Phi) is 5.82. The van der Waals surface area contributed by atoms with Crippen LogP contribution in [-0.2, 0) is 30.5 Å². The Balaban J connectivity index is 1.82. The van der Waals surface area contributed by atoms with Gasteiger partial charge in [-0.05, 0) is 53.9 Å². The van der Waals surface area contributed by atoms with Gasteiger partial charge in [-0.1, -0.05) is 32.9 Å². The first-order valence-corrected chi connectivity index (χ1v) is 11.4. The number of thiophene rings is 1. The number of hydrogen-bond acceptors (Lipinski definition) is 4. The minimum atomic E-state index is -0.297. The minimum Gasteiger partial charge on any atom is -0.384 e. The number of hydrogen-bond donors (Lipinski definition) is 0. The van der Waals surface area contributed by atoms with Crippen LogP contribution in [-0.4, -0.2) is 23.3 Å². The van der Waals surface area contributed by atoms with Crippen molar-refractivity contribution < 1.29 is 9.13 Å². The third-order valence-corrected chi connectivity index (χ3v) is 7.38. The number of aryl methyl sites for hydroxylation is 1. The molecule has 30 heavy (non-hydrogen) atoms. The van der Waals surface area contributed by atoms with Gasteiger partial charge in [0.1, 0.15) is 16.5 Å². The molecule has 4 rings (SSSR count). The van der Waals surface area contributed by atoms with Gasteiger partial charge >= 0.3 is 0 Å². The first kappa shape index (κ1) is 21.2. The summed E-state index contributed by atoms with van der Waals surface area (Å²) in [6.45, 7) is 7.68. The second-order valence-corrected chi connectivity index (χ2v) is 10.4. The van der Waals surface area contributed by atoms with Crippen molar-refractivity contribution in [2.45, 2.75) is 53.0 Å². The summed E-state index contributed by atoms with van der Waals surface area (Å²) in [7, 11) is 1.64. The number of halogens is 1. The van der Waals surface area contributed by atoms with Crippen LogP contribution in [0.2, 0.25) is 0 Å². The maximum atomic E-state index is 13.7. The van der Waals surface area contributed by atoms with E-state index in [1.807, 2.05) is 6.07 Å². The van der Waals surface area contributed by atoms with E-state index in [-0.39, 0.29) is 16.8 Å². The predicted octanol–water partition coefficient (Wildman–Crippen LogP) is 4.99. The van der Waals surface area contributed by atoms with Gasteiger partial charge in [-0.3, -0.25) is 9.36 Å². The molecule has 1 unspecified atom stereocenters. The molecule has 2 heterocycles. The molecule has 4 nitrogen and oxygen atoms in total. The lowest BCUT2D eigenvalue weighted by molar-refractivity contribution is 0.199. The molecule has 1 aliphatic rings. The van der Waals surface area contributed by atoms with Crippen LogP contribution in [0.3, 0.4) is 0 Å². The van der Waals surface area contributed by atoms with Crippen LogP contribution >= 0.6 is 11.3 Å². The van der Waals surface area contributed by atoms with Crippen molar-refractivity contribution in [2.24, 2.45) is 11.3 Å². The molecular formula is C24H29FN2O2S. The van der Waals surface area contributed by atoms with Crippen LogP contribution in [0.15, 0.2) is 29.1 Å². The van der Waals surface area contributed by atoms with E-state index in [0.717, 1.165) is 35.0 Å². The van der Waals surface area contributed by atoms with Gasteiger partial charge in [0, 0.05) is 18.4 Å². The fourth-order valence-corrected chi connectivity index (χ4v) is 5.71. The molecule has 1 aliphatic carbocycles. The smallest absolute Gasteiger partial charge is 0.262 e. The third kappa shape index (κ3) is 4.08. The van der Waals surface area contributed by atoms with Crippen molar-refractivity contribution in [3.63, 3.8) is 0 Å². The zero-order chi connectivity index (χ0) is 21.5. The van der Waals surface area contributed by atoms with E-state index in [1.54, 1.807) is 29.1 Å². The van der Waals surface area contributed by atoms with Crippen molar-refractivity contribution in [3.8, 4) is 0 Å². The van der Waals surface area contributed by atoms with E-state index in [0.29, 0.717) is 31.3 Å². The lowest BCUT2D eigenvalue weighted by Gasteiger charge is -2.33. The summed E-state index contributed by atoms with van der Waals surface area (Å²) in [4.78, 5) is 20.6. The largest absolute Gasteiger partial charge is 0.384 e. The zero-order valence-corrected chi connectivity index (χ0v) is 18.9. The van der Waals surface area contributed by atoms with Crippen LogP contribution in [0.25, 0.3) is 10.2 Å². The predicted molar refractivity (Wildman–Crippen MR) is 120 cm³/mol. The van der Waals surface area contributed by atoms with Crippen molar-refractivity contribution in [1.82, 2.24) is 9.55 Å². The van der Waals surface area contributed by atoms with E-state index < -0.39 is 0 Å². The molecule has 0 aliphatic heterocycles. The van der Waals surface area contributed by atoms with Crippen molar-refractivity contribution >= 4 is 21.6 Å². The highest BCUT2D eigenvalue weighted by Crippen LogP contribution is 2.42. The quantitative estimate of drug-likeness (QED) is 0.575. The van der Waals surface area contributed by atoms with Crippen LogP contribution in [0, 0.1) is 17.2 Å².